The molecule has 0 saturated heterocycles. The summed E-state index contributed by atoms with van der Waals surface area (Å²) in [6, 6.07) is 5.12. The van der Waals surface area contributed by atoms with E-state index < -0.39 is 33.1 Å². The van der Waals surface area contributed by atoms with Crippen LogP contribution in [-0.4, -0.2) is 24.3 Å². The van der Waals surface area contributed by atoms with Crippen LogP contribution in [0.2, 0.25) is 0 Å². The summed E-state index contributed by atoms with van der Waals surface area (Å²) in [5, 5.41) is 22.1. The van der Waals surface area contributed by atoms with Gasteiger partial charge in [-0.15, -0.1) is 0 Å². The number of nitriles is 1. The van der Waals surface area contributed by atoms with Gasteiger partial charge < -0.3 is 10.4 Å². The van der Waals surface area contributed by atoms with Crippen molar-refractivity contribution < 1.29 is 26.7 Å². The van der Waals surface area contributed by atoms with Gasteiger partial charge in [0, 0.05) is 5.70 Å². The number of phenolic OH excluding ortho intramolecular Hbond substituents is 1. The third kappa shape index (κ3) is 5.70. The second kappa shape index (κ2) is 9.63. The topological polar surface area (TPSA) is 127 Å². The number of aromatic nitrogens is 1. The van der Waals surface area contributed by atoms with Gasteiger partial charge in [-0.2, -0.15) is 18.4 Å². The molecule has 12 heteroatoms. The Balaban J connectivity index is 1.99. The molecule has 3 rings (SSSR count). The highest BCUT2D eigenvalue weighted by Crippen LogP contribution is 2.33. The fourth-order valence-electron chi connectivity index (χ4n) is 3.18. The highest BCUT2D eigenvalue weighted by atomic mass is 32.2. The van der Waals surface area contributed by atoms with E-state index in [2.05, 4.69) is 28.5 Å². The van der Waals surface area contributed by atoms with Crippen LogP contribution in [0, 0.1) is 11.3 Å². The molecule has 0 saturated carbocycles. The highest BCUT2D eigenvalue weighted by Gasteiger charge is 2.35. The van der Waals surface area contributed by atoms with Crippen LogP contribution in [0.5, 0.6) is 5.75 Å². The van der Waals surface area contributed by atoms with Gasteiger partial charge in [0.2, 0.25) is 0 Å². The fraction of sp³-hybridized carbons (Fsp3) is 0.174. The number of nitrogens with one attached hydrogen (secondary N) is 2. The maximum atomic E-state index is 13.2. The molecule has 0 amide bonds. The normalized spacial score (nSPS) is 13.9. The van der Waals surface area contributed by atoms with E-state index in [9.17, 15) is 26.7 Å². The van der Waals surface area contributed by atoms with Gasteiger partial charge in [0.05, 0.1) is 33.6 Å². The van der Waals surface area contributed by atoms with Crippen LogP contribution in [0.25, 0.3) is 0 Å². The first kappa shape index (κ1) is 25.5. The smallest absolute Gasteiger partial charge is 0.419 e. The molecule has 0 spiro atoms. The van der Waals surface area contributed by atoms with Crippen LogP contribution in [0.3, 0.4) is 0 Å². The third-order valence-electron chi connectivity index (χ3n) is 4.82. The van der Waals surface area contributed by atoms with Gasteiger partial charge in [0.15, 0.2) is 5.69 Å². The number of sulfonamides is 1. The van der Waals surface area contributed by atoms with Crippen molar-refractivity contribution >= 4 is 21.5 Å². The zero-order valence-electron chi connectivity index (χ0n) is 18.4. The number of halogens is 3. The van der Waals surface area contributed by atoms with Crippen molar-refractivity contribution in [3.63, 3.8) is 0 Å². The van der Waals surface area contributed by atoms with Crippen molar-refractivity contribution in [3.8, 4) is 11.8 Å². The molecule has 0 radical (unpaired) electrons. The van der Waals surface area contributed by atoms with Crippen LogP contribution in [0.1, 0.15) is 36.6 Å². The number of pyridine rings is 1. The van der Waals surface area contributed by atoms with Gasteiger partial charge in [0.25, 0.3) is 10.0 Å². The summed E-state index contributed by atoms with van der Waals surface area (Å²) in [6.07, 6.45) is -0.952. The Labute approximate surface area is 199 Å². The lowest BCUT2D eigenvalue weighted by Gasteiger charge is -2.19. The molecule has 1 aromatic carbocycles. The summed E-state index contributed by atoms with van der Waals surface area (Å²) < 4.78 is 67.5. The standard InChI is InChI=1S/C23H20F3N5O3S/c1-4-5-13(2)19-8-14(3)29-22(30-19)17-10-16(6-7-21(17)32)35(33,34)31-15-9-18(23(24,25)26)20(11-27)28-12-15/h6-10,12,31-32H,2-5H2,1H3,(H,29,30). The molecule has 0 fully saturated rings. The lowest BCUT2D eigenvalue weighted by Crippen LogP contribution is -2.26. The lowest BCUT2D eigenvalue weighted by molar-refractivity contribution is -0.138. The Morgan fingerprint density at radius 1 is 1.31 bits per heavy atom. The van der Waals surface area contributed by atoms with E-state index in [1.807, 2.05) is 11.6 Å². The van der Waals surface area contributed by atoms with Crippen molar-refractivity contribution in [1.82, 2.24) is 10.3 Å². The van der Waals surface area contributed by atoms with E-state index >= 15 is 0 Å². The number of rotatable bonds is 7. The Kier molecular flexibility index (Phi) is 7.02. The van der Waals surface area contributed by atoms with Gasteiger partial charge in [-0.3, -0.25) is 4.72 Å². The lowest BCUT2D eigenvalue weighted by atomic mass is 10.1. The van der Waals surface area contributed by atoms with Gasteiger partial charge in [0.1, 0.15) is 17.7 Å². The summed E-state index contributed by atoms with van der Waals surface area (Å²) in [6.45, 7) is 9.79. The number of allylic oxidation sites excluding steroid dienone is 2. The maximum Gasteiger partial charge on any atom is 0.419 e. The van der Waals surface area contributed by atoms with Crippen molar-refractivity contribution in [1.29, 1.82) is 5.26 Å². The van der Waals surface area contributed by atoms with Crippen molar-refractivity contribution in [2.24, 2.45) is 4.99 Å². The molecule has 0 atom stereocenters. The molecular formula is C23H20F3N5O3S. The molecule has 0 bridgehead atoms. The molecular weight excluding hydrogens is 483 g/mol. The molecule has 0 aliphatic carbocycles. The number of aliphatic imine (C=N–C) groups is 1. The van der Waals surface area contributed by atoms with Crippen LogP contribution in [0.4, 0.5) is 18.9 Å². The second-order valence-electron chi connectivity index (χ2n) is 7.51. The predicted octanol–water partition coefficient (Wildman–Crippen LogP) is 4.58. The Hall–Kier alpha value is -4.11. The first-order chi connectivity index (χ1) is 16.4. The number of nitrogens with zero attached hydrogens (tertiary/aromatic N) is 3. The maximum absolute atomic E-state index is 13.2. The molecule has 35 heavy (non-hydrogen) atoms. The van der Waals surface area contributed by atoms with Crippen molar-refractivity contribution in [2.75, 3.05) is 4.72 Å². The van der Waals surface area contributed by atoms with Gasteiger partial charge in [-0.1, -0.05) is 26.5 Å². The first-order valence-corrected chi connectivity index (χ1v) is 11.6. The van der Waals surface area contributed by atoms with E-state index in [1.54, 1.807) is 6.08 Å². The van der Waals surface area contributed by atoms with E-state index in [0.29, 0.717) is 23.9 Å². The number of amidine groups is 1. The predicted molar refractivity (Wildman–Crippen MR) is 124 cm³/mol. The molecule has 1 aromatic heterocycles. The average Bonchev–Trinajstić information content (AvgIpc) is 2.78. The summed E-state index contributed by atoms with van der Waals surface area (Å²) in [7, 11) is -4.41. The molecule has 1 aliphatic heterocycles. The zero-order valence-corrected chi connectivity index (χ0v) is 19.3. The third-order valence-corrected chi connectivity index (χ3v) is 6.20. The monoisotopic (exact) mass is 503 g/mol. The van der Waals surface area contributed by atoms with Gasteiger partial charge in [-0.05, 0) is 42.3 Å². The fourth-order valence-corrected chi connectivity index (χ4v) is 4.24. The number of aromatic hydroxyl groups is 1. The molecule has 2 aromatic rings. The number of benzene rings is 1. The molecule has 0 unspecified atom stereocenters. The number of phenols is 1. The van der Waals surface area contributed by atoms with Gasteiger partial charge >= 0.3 is 6.18 Å². The van der Waals surface area contributed by atoms with Crippen molar-refractivity contribution in [3.05, 3.63) is 83.5 Å². The summed E-state index contributed by atoms with van der Waals surface area (Å²) in [5.41, 5.74) is -1.05. The molecule has 8 nitrogen and oxygen atoms in total. The minimum Gasteiger partial charge on any atom is -0.507 e. The summed E-state index contributed by atoms with van der Waals surface area (Å²) in [4.78, 5) is 7.45. The van der Waals surface area contributed by atoms with Crippen LogP contribution < -0.4 is 10.0 Å². The Bertz CT molecular complexity index is 1420. The average molecular weight is 504 g/mol. The Morgan fingerprint density at radius 2 is 2.03 bits per heavy atom. The number of anilines is 1. The first-order valence-electron chi connectivity index (χ1n) is 10.1. The van der Waals surface area contributed by atoms with E-state index in [4.69, 9.17) is 5.26 Å². The second-order valence-corrected chi connectivity index (χ2v) is 9.19. The minimum absolute atomic E-state index is 0.0258. The quantitative estimate of drug-likeness (QED) is 0.508. The zero-order chi connectivity index (χ0) is 26.0. The molecule has 1 aliphatic rings. The van der Waals surface area contributed by atoms with Gasteiger partial charge in [-0.25, -0.2) is 18.4 Å². The number of alkyl halides is 3. The van der Waals surface area contributed by atoms with Crippen molar-refractivity contribution in [2.45, 2.75) is 30.8 Å². The minimum atomic E-state index is -4.91. The van der Waals surface area contributed by atoms with E-state index in [-0.39, 0.29) is 22.0 Å². The summed E-state index contributed by atoms with van der Waals surface area (Å²) >= 11 is 0. The number of hydrogen-bond acceptors (Lipinski definition) is 7. The molecule has 2 heterocycles. The largest absolute Gasteiger partial charge is 0.507 e. The SMILES string of the molecule is C=C1C=C(C(=C)CCC)N=C(c2cc(S(=O)(=O)Nc3cnc(C#N)c(C(F)(F)F)c3)ccc2O)N1. The summed E-state index contributed by atoms with van der Waals surface area (Å²) in [5.74, 6) is -0.163. The molecule has 182 valence electrons. The van der Waals surface area contributed by atoms with E-state index in [1.165, 1.54) is 6.07 Å². The van der Waals surface area contributed by atoms with Crippen LogP contribution in [-0.2, 0) is 16.2 Å². The number of hydrogen-bond donors (Lipinski definition) is 3. The Morgan fingerprint density at radius 3 is 2.66 bits per heavy atom. The van der Waals surface area contributed by atoms with Crippen LogP contribution >= 0.6 is 0 Å². The highest BCUT2D eigenvalue weighted by molar-refractivity contribution is 7.92. The van der Waals surface area contributed by atoms with E-state index in [0.717, 1.165) is 36.4 Å². The van der Waals surface area contributed by atoms with Crippen LogP contribution in [0.15, 0.2) is 76.6 Å². The molecule has 3 N–H and O–H groups in total.